The summed E-state index contributed by atoms with van der Waals surface area (Å²) in [5.41, 5.74) is -0.621. The Morgan fingerprint density at radius 2 is 1.92 bits per heavy atom. The number of anilines is 1. The summed E-state index contributed by atoms with van der Waals surface area (Å²) in [5, 5.41) is 20.7. The van der Waals surface area contributed by atoms with Gasteiger partial charge in [-0.25, -0.2) is 4.39 Å². The fourth-order valence-electron chi connectivity index (χ4n) is 5.32. The lowest BCUT2D eigenvalue weighted by Gasteiger charge is -2.56. The molecule has 2 aromatic carbocycles. The van der Waals surface area contributed by atoms with Crippen LogP contribution in [0, 0.1) is 5.82 Å². The van der Waals surface area contributed by atoms with Gasteiger partial charge in [-0.2, -0.15) is 0 Å². The first-order valence-corrected chi connectivity index (χ1v) is 12.5. The predicted molar refractivity (Wildman–Crippen MR) is 132 cm³/mol. The van der Waals surface area contributed by atoms with Gasteiger partial charge < -0.3 is 30.5 Å². The van der Waals surface area contributed by atoms with E-state index < -0.39 is 35.0 Å². The Labute approximate surface area is 217 Å². The number of nitrogens with one attached hydrogen (secondary N) is 3. The van der Waals surface area contributed by atoms with E-state index in [-0.39, 0.29) is 23.3 Å². The molecule has 8 nitrogen and oxygen atoms in total. The smallest absolute Gasteiger partial charge is 0.263 e. The van der Waals surface area contributed by atoms with Gasteiger partial charge in [0.15, 0.2) is 12.7 Å². The van der Waals surface area contributed by atoms with Crippen LogP contribution in [0.2, 0.25) is 10.0 Å². The molecule has 3 aliphatic carbocycles. The highest BCUT2D eigenvalue weighted by atomic mass is 35.5. The lowest BCUT2D eigenvalue weighted by atomic mass is 9.60. The number of aliphatic hydroxyl groups excluding tert-OH is 1. The molecule has 2 bridgehead atoms. The number of rotatable bonds is 6. The van der Waals surface area contributed by atoms with Gasteiger partial charge in [-0.1, -0.05) is 23.2 Å². The molecule has 11 heteroatoms. The topological polar surface area (TPSA) is 109 Å². The molecule has 1 aliphatic heterocycles. The van der Waals surface area contributed by atoms with E-state index >= 15 is 0 Å². The van der Waals surface area contributed by atoms with Crippen molar-refractivity contribution in [1.29, 1.82) is 0 Å². The van der Waals surface area contributed by atoms with Gasteiger partial charge in [0, 0.05) is 16.6 Å². The van der Waals surface area contributed by atoms with Crippen molar-refractivity contribution in [2.45, 2.75) is 55.4 Å². The van der Waals surface area contributed by atoms with E-state index in [9.17, 15) is 19.1 Å². The Morgan fingerprint density at radius 1 is 1.14 bits per heavy atom. The number of hydrogen-bond acceptors (Lipinski definition) is 6. The monoisotopic (exact) mass is 537 g/mol. The van der Waals surface area contributed by atoms with Crippen molar-refractivity contribution in [3.05, 3.63) is 52.3 Å². The van der Waals surface area contributed by atoms with Crippen LogP contribution in [0.25, 0.3) is 0 Å². The molecule has 2 atom stereocenters. The molecule has 0 aromatic heterocycles. The number of aliphatic hydroxyl groups is 1. The average Bonchev–Trinajstić information content (AvgIpc) is 2.85. The van der Waals surface area contributed by atoms with E-state index in [0.717, 1.165) is 11.8 Å². The number of hydrogen-bond donors (Lipinski definition) is 4. The van der Waals surface area contributed by atoms with Gasteiger partial charge in [-0.05, 0) is 62.4 Å². The second-order valence-corrected chi connectivity index (χ2v) is 10.5. The average molecular weight is 538 g/mol. The molecule has 3 saturated carbocycles. The van der Waals surface area contributed by atoms with E-state index in [1.165, 1.54) is 12.1 Å². The maximum atomic E-state index is 13.6. The maximum absolute atomic E-state index is 13.6. The molecule has 0 radical (unpaired) electrons. The normalized spacial score (nSPS) is 28.3. The number of benzene rings is 2. The zero-order chi connectivity index (χ0) is 25.5. The number of ether oxygens (including phenoxy) is 2. The van der Waals surface area contributed by atoms with Gasteiger partial charge in [0.05, 0.1) is 28.9 Å². The van der Waals surface area contributed by atoms with Gasteiger partial charge in [0.1, 0.15) is 17.3 Å². The van der Waals surface area contributed by atoms with E-state index in [4.69, 9.17) is 32.7 Å². The molecule has 192 valence electrons. The van der Waals surface area contributed by atoms with Crippen LogP contribution >= 0.6 is 23.2 Å². The highest BCUT2D eigenvalue weighted by Crippen LogP contribution is 2.47. The third-order valence-corrected chi connectivity index (χ3v) is 7.88. The van der Waals surface area contributed by atoms with Gasteiger partial charge in [-0.3, -0.25) is 9.59 Å². The summed E-state index contributed by atoms with van der Waals surface area (Å²) in [4.78, 5) is 25.6. The third-order valence-electron chi connectivity index (χ3n) is 7.34. The van der Waals surface area contributed by atoms with Crippen LogP contribution < -0.4 is 25.4 Å². The Bertz CT molecular complexity index is 1190. The van der Waals surface area contributed by atoms with Crippen molar-refractivity contribution in [3.63, 3.8) is 0 Å². The summed E-state index contributed by atoms with van der Waals surface area (Å²) in [6.45, 7) is -0.0224. The van der Waals surface area contributed by atoms with Gasteiger partial charge in [-0.15, -0.1) is 0 Å². The summed E-state index contributed by atoms with van der Waals surface area (Å²) < 4.78 is 24.8. The minimum atomic E-state index is -0.842. The first kappa shape index (κ1) is 24.9. The molecule has 4 aliphatic rings. The Morgan fingerprint density at radius 3 is 2.64 bits per heavy atom. The molecule has 0 unspecified atom stereocenters. The Balaban J connectivity index is 1.16. The lowest BCUT2D eigenvalue weighted by molar-refractivity contribution is -0.139. The van der Waals surface area contributed by atoms with Crippen LogP contribution in [0.3, 0.4) is 0 Å². The molecule has 0 saturated heterocycles. The molecular weight excluding hydrogens is 512 g/mol. The highest BCUT2D eigenvalue weighted by molar-refractivity contribution is 6.31. The molecule has 4 N–H and O–H groups in total. The van der Waals surface area contributed by atoms with Crippen LogP contribution in [0.1, 0.15) is 32.1 Å². The van der Waals surface area contributed by atoms with Crippen LogP contribution in [-0.4, -0.2) is 53.4 Å². The fourth-order valence-corrected chi connectivity index (χ4v) is 5.61. The number of carbonyl (C=O) groups is 2. The van der Waals surface area contributed by atoms with Crippen molar-refractivity contribution in [3.8, 4) is 11.5 Å². The first-order chi connectivity index (χ1) is 17.2. The highest BCUT2D eigenvalue weighted by Gasteiger charge is 2.55. The summed E-state index contributed by atoms with van der Waals surface area (Å²) in [6.07, 6.45) is 0.965. The van der Waals surface area contributed by atoms with Crippen LogP contribution in [0.4, 0.5) is 10.1 Å². The van der Waals surface area contributed by atoms with Crippen LogP contribution in [0.5, 0.6) is 11.5 Å². The first-order valence-electron chi connectivity index (χ1n) is 11.8. The van der Waals surface area contributed by atoms with E-state index in [1.807, 2.05) is 0 Å². The third kappa shape index (κ3) is 4.92. The van der Waals surface area contributed by atoms with E-state index in [2.05, 4.69) is 16.0 Å². The van der Waals surface area contributed by atoms with Gasteiger partial charge >= 0.3 is 0 Å². The molecule has 3 fully saturated rings. The number of carbonyl (C=O) groups excluding carboxylic acids is 2. The molecular formula is C25H26Cl2FN3O5. The standard InChI is InChI=1S/C25H26Cl2FN3O5/c26-14-1-4-19-18(9-14)29-12-20(36-19)23(34)31-24-5-7-25(8-6-24,21(32)11-24)30-22(33)13-35-15-2-3-16(27)17(28)10-15/h1-4,9-10,20-21,29,32H,5-8,11-13H2,(H,30,33)(H,31,34)/t20-,21+,24?,25?/m1/s1. The molecule has 6 rings (SSSR count). The molecule has 0 spiro atoms. The van der Waals surface area contributed by atoms with E-state index in [1.54, 1.807) is 18.2 Å². The van der Waals surface area contributed by atoms with Crippen molar-refractivity contribution in [1.82, 2.24) is 10.6 Å². The zero-order valence-corrected chi connectivity index (χ0v) is 20.8. The van der Waals surface area contributed by atoms with Crippen molar-refractivity contribution in [2.75, 3.05) is 18.5 Å². The SMILES string of the molecule is O=C(COc1ccc(Cl)c(F)c1)NC12CCC(NC(=O)[C@H]3CNc4cc(Cl)ccc4O3)(CC1)C[C@@H]2O. The van der Waals surface area contributed by atoms with E-state index in [0.29, 0.717) is 49.4 Å². The summed E-state index contributed by atoms with van der Waals surface area (Å²) in [7, 11) is 0. The number of fused-ring (bicyclic) bond motifs is 4. The lowest BCUT2D eigenvalue weighted by Crippen LogP contribution is -2.71. The Hall–Kier alpha value is -2.75. The summed E-state index contributed by atoms with van der Waals surface area (Å²) >= 11 is 11.7. The quantitative estimate of drug-likeness (QED) is 0.449. The van der Waals surface area contributed by atoms with Crippen molar-refractivity contribution in [2.24, 2.45) is 0 Å². The second kappa shape index (κ2) is 9.61. The minimum absolute atomic E-state index is 0.0326. The molecule has 2 aromatic rings. The second-order valence-electron chi connectivity index (χ2n) is 9.69. The summed E-state index contributed by atoms with van der Waals surface area (Å²) in [6, 6.07) is 9.11. The molecule has 1 heterocycles. The molecule has 36 heavy (non-hydrogen) atoms. The van der Waals surface area contributed by atoms with Crippen LogP contribution in [-0.2, 0) is 9.59 Å². The van der Waals surface area contributed by atoms with Gasteiger partial charge in [0.2, 0.25) is 0 Å². The Kier molecular flexibility index (Phi) is 6.65. The van der Waals surface area contributed by atoms with Crippen LogP contribution in [0.15, 0.2) is 36.4 Å². The zero-order valence-electron chi connectivity index (χ0n) is 19.3. The predicted octanol–water partition coefficient (Wildman–Crippen LogP) is 3.43. The number of halogens is 3. The van der Waals surface area contributed by atoms with Crippen molar-refractivity contribution >= 4 is 40.7 Å². The maximum Gasteiger partial charge on any atom is 0.263 e. The molecule has 2 amide bonds. The summed E-state index contributed by atoms with van der Waals surface area (Å²) in [5.74, 6) is -0.560. The van der Waals surface area contributed by atoms with Gasteiger partial charge in [0.25, 0.3) is 11.8 Å². The fraction of sp³-hybridized carbons (Fsp3) is 0.440. The number of amides is 2. The largest absolute Gasteiger partial charge is 0.484 e. The minimum Gasteiger partial charge on any atom is -0.484 e. The van der Waals surface area contributed by atoms with Crippen molar-refractivity contribution < 1.29 is 28.6 Å².